The molecule has 3 N–H and O–H groups in total. The minimum atomic E-state index is -0.986. The van der Waals surface area contributed by atoms with E-state index >= 15 is 0 Å². The summed E-state index contributed by atoms with van der Waals surface area (Å²) < 4.78 is 5.72. The molecule has 2 aromatic carbocycles. The molecule has 4 amide bonds. The maximum absolute atomic E-state index is 13.1. The first-order chi connectivity index (χ1) is 17.8. The third kappa shape index (κ3) is 6.14. The molecule has 2 aliphatic rings. The van der Waals surface area contributed by atoms with Crippen LogP contribution in [0.25, 0.3) is 0 Å². The molecule has 2 aromatic rings. The number of nitrogens with zero attached hydrogens (tertiary/aromatic N) is 1. The molecule has 10 heteroatoms. The Hall–Kier alpha value is -4.21. The molecule has 0 saturated carbocycles. The van der Waals surface area contributed by atoms with Crippen molar-refractivity contribution in [3.63, 3.8) is 0 Å². The van der Waals surface area contributed by atoms with Crippen LogP contribution in [-0.4, -0.2) is 58.8 Å². The molecule has 0 spiro atoms. The predicted molar refractivity (Wildman–Crippen MR) is 133 cm³/mol. The molecule has 1 fully saturated rings. The molecule has 194 valence electrons. The van der Waals surface area contributed by atoms with E-state index in [1.165, 1.54) is 0 Å². The number of piperidine rings is 1. The molecule has 1 atom stereocenters. The second-order valence-corrected chi connectivity index (χ2v) is 9.08. The van der Waals surface area contributed by atoms with E-state index in [0.29, 0.717) is 30.2 Å². The molecule has 1 unspecified atom stereocenters. The number of carbonyl (C=O) groups excluding carboxylic acids is 4. The third-order valence-corrected chi connectivity index (χ3v) is 6.38. The largest absolute Gasteiger partial charge is 0.494 e. The Morgan fingerprint density at radius 3 is 2.59 bits per heavy atom. The minimum absolute atomic E-state index is 0.0382. The number of ether oxygens (including phenoxy) is 1. The summed E-state index contributed by atoms with van der Waals surface area (Å²) in [5.41, 5.74) is 1.76. The smallest absolute Gasteiger partial charge is 0.307 e. The summed E-state index contributed by atoms with van der Waals surface area (Å²) in [6.07, 6.45) is 3.72. The molecule has 4 rings (SSSR count). The quantitative estimate of drug-likeness (QED) is 0.294. The number of imide groups is 2. The van der Waals surface area contributed by atoms with Crippen molar-refractivity contribution in [2.75, 3.05) is 18.5 Å². The first kappa shape index (κ1) is 25.9. The van der Waals surface area contributed by atoms with Crippen molar-refractivity contribution >= 4 is 35.3 Å². The molecule has 2 heterocycles. The van der Waals surface area contributed by atoms with Crippen LogP contribution in [0.15, 0.2) is 42.5 Å². The highest BCUT2D eigenvalue weighted by Crippen LogP contribution is 2.32. The lowest BCUT2D eigenvalue weighted by Gasteiger charge is -2.27. The third-order valence-electron chi connectivity index (χ3n) is 6.38. The Balaban J connectivity index is 1.22. The Bertz CT molecular complexity index is 1230. The number of benzene rings is 2. The number of carbonyl (C=O) groups is 5. The van der Waals surface area contributed by atoms with Gasteiger partial charge in [-0.05, 0) is 49.1 Å². The standard InChI is InChI=1S/C27H29N3O7/c31-22-12-11-21(25(34)29-22)30-26(35)19-9-6-10-20(24(19)27(30)36)28-13-3-1-2-4-14-37-18-8-5-7-17(15-18)16-23(32)33/h5-10,15,21,28H,1-4,11-14,16H2,(H,32,33)(H,29,31,34). The monoisotopic (exact) mass is 507 g/mol. The normalized spacial score (nSPS) is 17.0. The first-order valence-electron chi connectivity index (χ1n) is 12.4. The first-order valence-corrected chi connectivity index (χ1v) is 12.4. The van der Waals surface area contributed by atoms with Crippen LogP contribution in [0.2, 0.25) is 0 Å². The highest BCUT2D eigenvalue weighted by molar-refractivity contribution is 6.25. The van der Waals surface area contributed by atoms with E-state index in [1.54, 1.807) is 42.5 Å². The molecule has 37 heavy (non-hydrogen) atoms. The number of hydrogen-bond acceptors (Lipinski definition) is 7. The van der Waals surface area contributed by atoms with E-state index < -0.39 is 35.6 Å². The summed E-state index contributed by atoms with van der Waals surface area (Å²) in [5, 5.41) is 14.3. The van der Waals surface area contributed by atoms with Crippen molar-refractivity contribution in [2.45, 2.75) is 51.0 Å². The SMILES string of the molecule is O=C(O)Cc1cccc(OCCCCCCNc2cccc3c2C(=O)N(C2CCC(=O)NC2=O)C3=O)c1. The average Bonchev–Trinajstić information content (AvgIpc) is 3.11. The maximum Gasteiger partial charge on any atom is 0.307 e. The van der Waals surface area contributed by atoms with Gasteiger partial charge in [-0.15, -0.1) is 0 Å². The van der Waals surface area contributed by atoms with Crippen molar-refractivity contribution in [1.82, 2.24) is 10.2 Å². The lowest BCUT2D eigenvalue weighted by Crippen LogP contribution is -2.54. The topological polar surface area (TPSA) is 142 Å². The highest BCUT2D eigenvalue weighted by atomic mass is 16.5. The molecule has 0 bridgehead atoms. The molecule has 0 aromatic heterocycles. The summed E-state index contributed by atoms with van der Waals surface area (Å²) >= 11 is 0. The van der Waals surface area contributed by atoms with Gasteiger partial charge in [0.25, 0.3) is 11.8 Å². The molecular formula is C27H29N3O7. The van der Waals surface area contributed by atoms with Gasteiger partial charge in [-0.25, -0.2) is 0 Å². The average molecular weight is 508 g/mol. The molecule has 10 nitrogen and oxygen atoms in total. The second-order valence-electron chi connectivity index (χ2n) is 9.08. The van der Waals surface area contributed by atoms with Crippen molar-refractivity contribution in [3.05, 3.63) is 59.2 Å². The van der Waals surface area contributed by atoms with Gasteiger partial charge in [0.05, 0.1) is 24.2 Å². The van der Waals surface area contributed by atoms with E-state index in [1.807, 2.05) is 0 Å². The summed E-state index contributed by atoms with van der Waals surface area (Å²) in [6, 6.07) is 11.1. The van der Waals surface area contributed by atoms with Gasteiger partial charge >= 0.3 is 5.97 Å². The van der Waals surface area contributed by atoms with Crippen molar-refractivity contribution in [2.24, 2.45) is 0 Å². The Kier molecular flexibility index (Phi) is 8.17. The number of rotatable bonds is 12. The van der Waals surface area contributed by atoms with E-state index in [0.717, 1.165) is 30.6 Å². The zero-order valence-electron chi connectivity index (χ0n) is 20.3. The van der Waals surface area contributed by atoms with Crippen molar-refractivity contribution in [3.8, 4) is 5.75 Å². The highest BCUT2D eigenvalue weighted by Gasteiger charge is 2.45. The van der Waals surface area contributed by atoms with Gasteiger partial charge in [-0.2, -0.15) is 0 Å². The summed E-state index contributed by atoms with van der Waals surface area (Å²) in [6.45, 7) is 1.14. The van der Waals surface area contributed by atoms with Crippen LogP contribution < -0.4 is 15.4 Å². The van der Waals surface area contributed by atoms with E-state index in [9.17, 15) is 24.0 Å². The Morgan fingerprint density at radius 2 is 1.81 bits per heavy atom. The molecule has 0 radical (unpaired) electrons. The van der Waals surface area contributed by atoms with Crippen LogP contribution in [0.3, 0.4) is 0 Å². The van der Waals surface area contributed by atoms with Crippen LogP contribution in [0.4, 0.5) is 5.69 Å². The van der Waals surface area contributed by atoms with Crippen LogP contribution in [0, 0.1) is 0 Å². The van der Waals surface area contributed by atoms with E-state index in [4.69, 9.17) is 9.84 Å². The summed E-state index contributed by atoms with van der Waals surface area (Å²) in [7, 11) is 0. The number of hydrogen-bond donors (Lipinski definition) is 3. The molecule has 2 aliphatic heterocycles. The van der Waals surface area contributed by atoms with Crippen LogP contribution in [-0.2, 0) is 20.8 Å². The number of aliphatic carboxylic acids is 1. The van der Waals surface area contributed by atoms with Crippen molar-refractivity contribution < 1.29 is 33.8 Å². The number of unbranched alkanes of at least 4 members (excludes halogenated alkanes) is 3. The zero-order chi connectivity index (χ0) is 26.4. The number of anilines is 1. The van der Waals surface area contributed by atoms with Crippen LogP contribution in [0.1, 0.15) is 64.8 Å². The van der Waals surface area contributed by atoms with Gasteiger partial charge in [0, 0.05) is 18.7 Å². The van der Waals surface area contributed by atoms with Crippen LogP contribution >= 0.6 is 0 Å². The number of amides is 4. The minimum Gasteiger partial charge on any atom is -0.494 e. The van der Waals surface area contributed by atoms with Gasteiger partial charge in [-0.3, -0.25) is 34.2 Å². The van der Waals surface area contributed by atoms with Gasteiger partial charge in [0.2, 0.25) is 11.8 Å². The van der Waals surface area contributed by atoms with Crippen LogP contribution in [0.5, 0.6) is 5.75 Å². The number of nitrogens with one attached hydrogen (secondary N) is 2. The van der Waals surface area contributed by atoms with E-state index in [2.05, 4.69) is 10.6 Å². The van der Waals surface area contributed by atoms with Gasteiger partial charge in [0.1, 0.15) is 11.8 Å². The number of fused-ring (bicyclic) bond motifs is 1. The Labute approximate surface area is 214 Å². The fourth-order valence-electron chi connectivity index (χ4n) is 4.58. The lowest BCUT2D eigenvalue weighted by atomic mass is 10.0. The zero-order valence-corrected chi connectivity index (χ0v) is 20.3. The Morgan fingerprint density at radius 1 is 1.03 bits per heavy atom. The molecule has 1 saturated heterocycles. The fourth-order valence-corrected chi connectivity index (χ4v) is 4.58. The fraction of sp³-hybridized carbons (Fsp3) is 0.370. The number of carboxylic acids is 1. The summed E-state index contributed by atoms with van der Waals surface area (Å²) in [5.74, 6) is -2.31. The van der Waals surface area contributed by atoms with Gasteiger partial charge < -0.3 is 15.2 Å². The second kappa shape index (κ2) is 11.7. The molecular weight excluding hydrogens is 478 g/mol. The van der Waals surface area contributed by atoms with E-state index in [-0.39, 0.29) is 30.4 Å². The number of carboxylic acid groups (broad SMARTS) is 1. The summed E-state index contributed by atoms with van der Waals surface area (Å²) in [4.78, 5) is 61.5. The van der Waals surface area contributed by atoms with Gasteiger partial charge in [-0.1, -0.05) is 31.0 Å². The predicted octanol–water partition coefficient (Wildman–Crippen LogP) is 2.77. The lowest BCUT2D eigenvalue weighted by molar-refractivity contribution is -0.137. The maximum atomic E-state index is 13.1. The molecule has 0 aliphatic carbocycles. The van der Waals surface area contributed by atoms with Gasteiger partial charge in [0.15, 0.2) is 0 Å². The van der Waals surface area contributed by atoms with Crippen molar-refractivity contribution in [1.29, 1.82) is 0 Å².